The van der Waals surface area contributed by atoms with E-state index in [-0.39, 0.29) is 29.8 Å². The van der Waals surface area contributed by atoms with E-state index in [0.717, 1.165) is 4.47 Å². The van der Waals surface area contributed by atoms with Crippen molar-refractivity contribution in [1.29, 1.82) is 0 Å². The van der Waals surface area contributed by atoms with Crippen LogP contribution in [0.25, 0.3) is 0 Å². The molecule has 1 N–H and O–H groups in total. The van der Waals surface area contributed by atoms with Crippen molar-refractivity contribution in [2.75, 3.05) is 18.1 Å². The standard InChI is InChI=1S/C10H12BrNO3S2/c11-9-5-16-4-8(9)10(13)3-7-6-17(14,15)2-1-12-7/h4-5,7,12H,1-3,6H2. The molecule has 1 unspecified atom stereocenters. The van der Waals surface area contributed by atoms with Gasteiger partial charge < -0.3 is 5.32 Å². The molecule has 1 atom stereocenters. The molecular formula is C10H12BrNO3S2. The molecule has 17 heavy (non-hydrogen) atoms. The van der Waals surface area contributed by atoms with E-state index in [1.165, 1.54) is 11.3 Å². The van der Waals surface area contributed by atoms with E-state index < -0.39 is 9.84 Å². The summed E-state index contributed by atoms with van der Waals surface area (Å²) in [4.78, 5) is 11.9. The average Bonchev–Trinajstić information content (AvgIpc) is 2.62. The molecule has 7 heteroatoms. The summed E-state index contributed by atoms with van der Waals surface area (Å²) in [6.07, 6.45) is 0.231. The maximum atomic E-state index is 11.9. The SMILES string of the molecule is O=C(CC1CS(=O)(=O)CCN1)c1cscc1Br. The minimum Gasteiger partial charge on any atom is -0.312 e. The lowest BCUT2D eigenvalue weighted by atomic mass is 10.1. The Kier molecular flexibility index (Phi) is 4.02. The van der Waals surface area contributed by atoms with Crippen LogP contribution in [0.1, 0.15) is 16.8 Å². The number of carbonyl (C=O) groups excluding carboxylic acids is 1. The number of hydrogen-bond acceptors (Lipinski definition) is 5. The molecule has 0 aromatic carbocycles. The minimum atomic E-state index is -2.98. The molecule has 2 heterocycles. The van der Waals surface area contributed by atoms with Crippen LogP contribution in [-0.2, 0) is 9.84 Å². The van der Waals surface area contributed by atoms with E-state index in [1.54, 1.807) is 5.38 Å². The van der Waals surface area contributed by atoms with Crippen molar-refractivity contribution >= 4 is 42.9 Å². The lowest BCUT2D eigenvalue weighted by Gasteiger charge is -2.22. The number of carbonyl (C=O) groups is 1. The fourth-order valence-corrected chi connectivity index (χ4v) is 4.78. The molecule has 1 aliphatic rings. The Labute approximate surface area is 112 Å². The first-order valence-corrected chi connectivity index (χ1v) is 8.72. The van der Waals surface area contributed by atoms with Crippen molar-refractivity contribution in [2.24, 2.45) is 0 Å². The van der Waals surface area contributed by atoms with E-state index in [1.807, 2.05) is 5.38 Å². The van der Waals surface area contributed by atoms with Crippen LogP contribution < -0.4 is 5.32 Å². The Morgan fingerprint density at radius 1 is 1.53 bits per heavy atom. The fraction of sp³-hybridized carbons (Fsp3) is 0.500. The lowest BCUT2D eigenvalue weighted by Crippen LogP contribution is -2.45. The van der Waals surface area contributed by atoms with E-state index in [0.29, 0.717) is 12.1 Å². The number of halogens is 1. The number of ketones is 1. The van der Waals surface area contributed by atoms with Gasteiger partial charge in [-0.25, -0.2) is 8.42 Å². The van der Waals surface area contributed by atoms with E-state index >= 15 is 0 Å². The Balaban J connectivity index is 2.02. The molecule has 0 bridgehead atoms. The maximum absolute atomic E-state index is 11.9. The molecule has 2 rings (SSSR count). The Hall–Kier alpha value is -0.240. The minimum absolute atomic E-state index is 0.0206. The van der Waals surface area contributed by atoms with Gasteiger partial charge in [-0.15, -0.1) is 0 Å². The summed E-state index contributed by atoms with van der Waals surface area (Å²) in [6.45, 7) is 0.436. The van der Waals surface area contributed by atoms with Gasteiger partial charge in [-0.1, -0.05) is 0 Å². The van der Waals surface area contributed by atoms with Crippen LogP contribution in [0.15, 0.2) is 15.2 Å². The second-order valence-corrected chi connectivity index (χ2v) is 7.85. The quantitative estimate of drug-likeness (QED) is 0.848. The highest BCUT2D eigenvalue weighted by Crippen LogP contribution is 2.23. The van der Waals surface area contributed by atoms with Gasteiger partial charge in [0.05, 0.1) is 11.5 Å². The molecular weight excluding hydrogens is 326 g/mol. The number of rotatable bonds is 3. The topological polar surface area (TPSA) is 63.2 Å². The molecule has 1 saturated heterocycles. The van der Waals surface area contributed by atoms with Gasteiger partial charge in [0.25, 0.3) is 0 Å². The second-order valence-electron chi connectivity index (χ2n) is 4.03. The number of sulfone groups is 1. The predicted molar refractivity (Wildman–Crippen MR) is 71.4 cm³/mol. The average molecular weight is 338 g/mol. The van der Waals surface area contributed by atoms with Crippen LogP contribution in [0.3, 0.4) is 0 Å². The van der Waals surface area contributed by atoms with Gasteiger partial charge in [0.15, 0.2) is 15.6 Å². The number of nitrogens with one attached hydrogen (secondary N) is 1. The zero-order valence-corrected chi connectivity index (χ0v) is 12.2. The zero-order valence-electron chi connectivity index (χ0n) is 8.98. The summed E-state index contributed by atoms with van der Waals surface area (Å²) in [6, 6.07) is -0.256. The first-order valence-electron chi connectivity index (χ1n) is 5.16. The highest BCUT2D eigenvalue weighted by Gasteiger charge is 2.26. The maximum Gasteiger partial charge on any atom is 0.166 e. The molecule has 0 aliphatic carbocycles. The molecule has 1 aliphatic heterocycles. The second kappa shape index (κ2) is 5.17. The molecule has 0 saturated carbocycles. The van der Waals surface area contributed by atoms with Crippen molar-refractivity contribution in [3.05, 3.63) is 20.8 Å². The third kappa shape index (κ3) is 3.37. The molecule has 1 aromatic rings. The summed E-state index contributed by atoms with van der Waals surface area (Å²) in [5, 5.41) is 6.70. The van der Waals surface area contributed by atoms with Crippen LogP contribution in [0, 0.1) is 0 Å². The zero-order chi connectivity index (χ0) is 12.5. The highest BCUT2D eigenvalue weighted by atomic mass is 79.9. The normalized spacial score (nSPS) is 23.5. The molecule has 1 fully saturated rings. The largest absolute Gasteiger partial charge is 0.312 e. The van der Waals surface area contributed by atoms with Crippen molar-refractivity contribution in [2.45, 2.75) is 12.5 Å². The molecule has 94 valence electrons. The summed E-state index contributed by atoms with van der Waals surface area (Å²) >= 11 is 4.76. The Morgan fingerprint density at radius 3 is 2.88 bits per heavy atom. The van der Waals surface area contributed by atoms with E-state index in [9.17, 15) is 13.2 Å². The molecule has 0 radical (unpaired) electrons. The summed E-state index contributed by atoms with van der Waals surface area (Å²) < 4.78 is 23.7. The molecule has 1 aromatic heterocycles. The summed E-state index contributed by atoms with van der Waals surface area (Å²) in [5.74, 6) is 0.202. The molecule has 0 amide bonds. The van der Waals surface area contributed by atoms with Gasteiger partial charge >= 0.3 is 0 Å². The number of hydrogen-bond donors (Lipinski definition) is 1. The first kappa shape index (κ1) is 13.2. The monoisotopic (exact) mass is 337 g/mol. The van der Waals surface area contributed by atoms with E-state index in [2.05, 4.69) is 21.2 Å². The summed E-state index contributed by atoms with van der Waals surface area (Å²) in [7, 11) is -2.98. The third-order valence-corrected chi connectivity index (χ3v) is 6.09. The van der Waals surface area contributed by atoms with Gasteiger partial charge in [0, 0.05) is 39.8 Å². The van der Waals surface area contributed by atoms with Gasteiger partial charge in [-0.05, 0) is 15.9 Å². The molecule has 0 spiro atoms. The van der Waals surface area contributed by atoms with Crippen LogP contribution in [0.2, 0.25) is 0 Å². The third-order valence-electron chi connectivity index (χ3n) is 2.65. The first-order chi connectivity index (χ1) is 7.98. The van der Waals surface area contributed by atoms with Gasteiger partial charge in [0.1, 0.15) is 0 Å². The van der Waals surface area contributed by atoms with Crippen molar-refractivity contribution in [1.82, 2.24) is 5.32 Å². The van der Waals surface area contributed by atoms with E-state index in [4.69, 9.17) is 0 Å². The summed E-state index contributed by atoms with van der Waals surface area (Å²) in [5.41, 5.74) is 0.639. The lowest BCUT2D eigenvalue weighted by molar-refractivity contribution is 0.0971. The van der Waals surface area contributed by atoms with Crippen molar-refractivity contribution < 1.29 is 13.2 Å². The predicted octanol–water partition coefficient (Wildman–Crippen LogP) is 1.47. The van der Waals surface area contributed by atoms with Crippen LogP contribution >= 0.6 is 27.3 Å². The van der Waals surface area contributed by atoms with Gasteiger partial charge in [0.2, 0.25) is 0 Å². The van der Waals surface area contributed by atoms with Crippen molar-refractivity contribution in [3.8, 4) is 0 Å². The van der Waals surface area contributed by atoms with Gasteiger partial charge in [-0.2, -0.15) is 11.3 Å². The number of thiophene rings is 1. The highest BCUT2D eigenvalue weighted by molar-refractivity contribution is 9.10. The Bertz CT molecular complexity index is 523. The van der Waals surface area contributed by atoms with Gasteiger partial charge in [-0.3, -0.25) is 4.79 Å². The van der Waals surface area contributed by atoms with Crippen LogP contribution in [0.5, 0.6) is 0 Å². The number of Topliss-reactive ketones (excluding diaryl/α,β-unsaturated/α-hetero) is 1. The van der Waals surface area contributed by atoms with Crippen LogP contribution in [0.4, 0.5) is 0 Å². The fourth-order valence-electron chi connectivity index (χ4n) is 1.81. The Morgan fingerprint density at radius 2 is 2.29 bits per heavy atom. The van der Waals surface area contributed by atoms with Crippen molar-refractivity contribution in [3.63, 3.8) is 0 Å². The van der Waals surface area contributed by atoms with Crippen LogP contribution in [-0.4, -0.2) is 38.3 Å². The smallest absolute Gasteiger partial charge is 0.166 e. The molecule has 4 nitrogen and oxygen atoms in total.